The predicted octanol–water partition coefficient (Wildman–Crippen LogP) is 0.406. The number of hydrogen-bond donors (Lipinski definition) is 2. The number of nitrogens with one attached hydrogen (secondary N) is 2. The van der Waals surface area contributed by atoms with Crippen LogP contribution in [0.25, 0.3) is 0 Å². The summed E-state index contributed by atoms with van der Waals surface area (Å²) in [6.07, 6.45) is 2.22. The molecule has 2 unspecified atom stereocenters. The van der Waals surface area contributed by atoms with E-state index in [-0.39, 0.29) is 30.1 Å². The summed E-state index contributed by atoms with van der Waals surface area (Å²) in [5, 5.41) is 5.93. The van der Waals surface area contributed by atoms with Gasteiger partial charge < -0.3 is 20.3 Å². The molecule has 7 nitrogen and oxygen atoms in total. The summed E-state index contributed by atoms with van der Waals surface area (Å²) in [6.45, 7) is 9.87. The van der Waals surface area contributed by atoms with E-state index in [1.165, 1.54) is 0 Å². The quantitative estimate of drug-likeness (QED) is 0.767. The first kappa shape index (κ1) is 18.0. The molecule has 2 saturated heterocycles. The molecule has 2 aliphatic heterocycles. The summed E-state index contributed by atoms with van der Waals surface area (Å²) < 4.78 is 5.61. The molecule has 2 rings (SSSR count). The maximum absolute atomic E-state index is 12.3. The fraction of sp³-hybridized carbons (Fsp3) is 0.875. The number of ether oxygens (including phenoxy) is 1. The molecule has 23 heavy (non-hydrogen) atoms. The van der Waals surface area contributed by atoms with Crippen molar-refractivity contribution in [2.75, 3.05) is 39.3 Å². The largest absolute Gasteiger partial charge is 0.376 e. The van der Waals surface area contributed by atoms with Gasteiger partial charge in [-0.15, -0.1) is 0 Å². The van der Waals surface area contributed by atoms with Crippen molar-refractivity contribution in [3.63, 3.8) is 0 Å². The van der Waals surface area contributed by atoms with Crippen molar-refractivity contribution in [3.05, 3.63) is 0 Å². The Morgan fingerprint density at radius 2 is 1.83 bits per heavy atom. The van der Waals surface area contributed by atoms with Crippen LogP contribution in [0, 0.1) is 0 Å². The van der Waals surface area contributed by atoms with Crippen molar-refractivity contribution in [1.82, 2.24) is 20.4 Å². The molecule has 0 aromatic rings. The summed E-state index contributed by atoms with van der Waals surface area (Å²) in [6, 6.07) is 0.174. The molecule has 2 heterocycles. The topological polar surface area (TPSA) is 73.9 Å². The number of carbonyl (C=O) groups excluding carboxylic acids is 2. The van der Waals surface area contributed by atoms with Crippen LogP contribution < -0.4 is 10.6 Å². The summed E-state index contributed by atoms with van der Waals surface area (Å²) in [7, 11) is 0. The van der Waals surface area contributed by atoms with E-state index >= 15 is 0 Å². The Labute approximate surface area is 138 Å². The van der Waals surface area contributed by atoms with Gasteiger partial charge in [0.25, 0.3) is 0 Å². The molecule has 2 aliphatic rings. The van der Waals surface area contributed by atoms with Crippen LogP contribution in [0.4, 0.5) is 4.79 Å². The van der Waals surface area contributed by atoms with Crippen molar-refractivity contribution in [2.45, 2.75) is 51.8 Å². The molecule has 0 radical (unpaired) electrons. The Kier molecular flexibility index (Phi) is 6.65. The monoisotopic (exact) mass is 326 g/mol. The van der Waals surface area contributed by atoms with Gasteiger partial charge in [0.05, 0.1) is 18.7 Å². The summed E-state index contributed by atoms with van der Waals surface area (Å²) in [5.74, 6) is 0.0462. The number of nitrogens with zero attached hydrogens (tertiary/aromatic N) is 2. The van der Waals surface area contributed by atoms with E-state index in [4.69, 9.17) is 4.74 Å². The van der Waals surface area contributed by atoms with Gasteiger partial charge in [0.15, 0.2) is 0 Å². The van der Waals surface area contributed by atoms with Crippen LogP contribution in [-0.2, 0) is 9.53 Å². The Morgan fingerprint density at radius 3 is 2.39 bits per heavy atom. The van der Waals surface area contributed by atoms with Gasteiger partial charge in [-0.1, -0.05) is 0 Å². The van der Waals surface area contributed by atoms with Gasteiger partial charge in [-0.25, -0.2) is 4.79 Å². The first-order valence-electron chi connectivity index (χ1n) is 8.64. The van der Waals surface area contributed by atoms with Crippen molar-refractivity contribution in [2.24, 2.45) is 0 Å². The second-order valence-corrected chi connectivity index (χ2v) is 6.78. The van der Waals surface area contributed by atoms with E-state index in [2.05, 4.69) is 15.5 Å². The number of piperazine rings is 1. The Hall–Kier alpha value is -1.34. The van der Waals surface area contributed by atoms with Crippen LogP contribution in [0.15, 0.2) is 0 Å². The van der Waals surface area contributed by atoms with Crippen LogP contribution in [-0.4, -0.2) is 79.3 Å². The zero-order valence-corrected chi connectivity index (χ0v) is 14.5. The van der Waals surface area contributed by atoms with E-state index in [1.807, 2.05) is 25.7 Å². The molecule has 3 amide bonds. The maximum Gasteiger partial charge on any atom is 0.317 e. The molecular weight excluding hydrogens is 296 g/mol. The third kappa shape index (κ3) is 5.66. The molecule has 0 spiro atoms. The van der Waals surface area contributed by atoms with Gasteiger partial charge >= 0.3 is 6.03 Å². The van der Waals surface area contributed by atoms with Crippen LogP contribution >= 0.6 is 0 Å². The Balaban J connectivity index is 1.69. The Morgan fingerprint density at radius 1 is 1.13 bits per heavy atom. The first-order chi connectivity index (χ1) is 11.0. The third-order valence-corrected chi connectivity index (χ3v) is 4.35. The number of amides is 3. The number of rotatable bonds is 5. The van der Waals surface area contributed by atoms with E-state index in [0.717, 1.165) is 32.5 Å². The lowest BCUT2D eigenvalue weighted by molar-refractivity contribution is -0.123. The molecule has 0 aromatic heterocycles. The van der Waals surface area contributed by atoms with Gasteiger partial charge in [0, 0.05) is 38.8 Å². The second kappa shape index (κ2) is 8.49. The summed E-state index contributed by atoms with van der Waals surface area (Å²) in [4.78, 5) is 28.0. The SMILES string of the molecule is CC(C)NC(=O)CN1CCN(C(=O)NC(C)C2CCCO2)CC1. The van der Waals surface area contributed by atoms with E-state index in [0.29, 0.717) is 19.6 Å². The number of carbonyl (C=O) groups is 2. The molecule has 2 N–H and O–H groups in total. The minimum absolute atomic E-state index is 0.0284. The lowest BCUT2D eigenvalue weighted by Gasteiger charge is -2.35. The van der Waals surface area contributed by atoms with Crippen LogP contribution in [0.3, 0.4) is 0 Å². The van der Waals surface area contributed by atoms with Crippen molar-refractivity contribution >= 4 is 11.9 Å². The summed E-state index contributed by atoms with van der Waals surface area (Å²) in [5.41, 5.74) is 0. The van der Waals surface area contributed by atoms with Gasteiger partial charge in [0.2, 0.25) is 5.91 Å². The van der Waals surface area contributed by atoms with Crippen LogP contribution in [0.1, 0.15) is 33.6 Å². The van der Waals surface area contributed by atoms with Crippen molar-refractivity contribution < 1.29 is 14.3 Å². The zero-order valence-electron chi connectivity index (χ0n) is 14.5. The minimum Gasteiger partial charge on any atom is -0.376 e. The van der Waals surface area contributed by atoms with Gasteiger partial charge in [-0.05, 0) is 33.6 Å². The lowest BCUT2D eigenvalue weighted by Crippen LogP contribution is -2.55. The summed E-state index contributed by atoms with van der Waals surface area (Å²) >= 11 is 0. The third-order valence-electron chi connectivity index (χ3n) is 4.35. The highest BCUT2D eigenvalue weighted by molar-refractivity contribution is 5.78. The smallest absolute Gasteiger partial charge is 0.317 e. The molecule has 0 saturated carbocycles. The molecule has 0 aliphatic carbocycles. The standard InChI is InChI=1S/C16H30N4O3/c1-12(2)17-15(21)11-19-6-8-20(9-7-19)16(22)18-13(3)14-5-4-10-23-14/h12-14H,4-11H2,1-3H3,(H,17,21)(H,18,22). The molecule has 2 atom stereocenters. The average molecular weight is 326 g/mol. The molecule has 2 fully saturated rings. The average Bonchev–Trinajstić information content (AvgIpc) is 3.01. The predicted molar refractivity (Wildman–Crippen MR) is 88.3 cm³/mol. The zero-order chi connectivity index (χ0) is 16.8. The first-order valence-corrected chi connectivity index (χ1v) is 8.64. The fourth-order valence-electron chi connectivity index (χ4n) is 3.06. The van der Waals surface area contributed by atoms with Crippen LogP contribution in [0.2, 0.25) is 0 Å². The van der Waals surface area contributed by atoms with Gasteiger partial charge in [-0.3, -0.25) is 9.69 Å². The highest BCUT2D eigenvalue weighted by atomic mass is 16.5. The Bertz CT molecular complexity index is 402. The van der Waals surface area contributed by atoms with E-state index in [9.17, 15) is 9.59 Å². The molecular formula is C16H30N4O3. The molecule has 0 bridgehead atoms. The number of hydrogen-bond acceptors (Lipinski definition) is 4. The fourth-order valence-corrected chi connectivity index (χ4v) is 3.06. The normalized spacial score (nSPS) is 23.8. The maximum atomic E-state index is 12.3. The highest BCUT2D eigenvalue weighted by Gasteiger charge is 2.27. The highest BCUT2D eigenvalue weighted by Crippen LogP contribution is 2.15. The van der Waals surface area contributed by atoms with Crippen molar-refractivity contribution in [3.8, 4) is 0 Å². The second-order valence-electron chi connectivity index (χ2n) is 6.78. The van der Waals surface area contributed by atoms with Crippen LogP contribution in [0.5, 0.6) is 0 Å². The van der Waals surface area contributed by atoms with Crippen molar-refractivity contribution in [1.29, 1.82) is 0 Å². The molecule has 7 heteroatoms. The van der Waals surface area contributed by atoms with E-state index in [1.54, 1.807) is 0 Å². The van der Waals surface area contributed by atoms with Gasteiger partial charge in [0.1, 0.15) is 0 Å². The number of urea groups is 1. The minimum atomic E-state index is -0.0284. The van der Waals surface area contributed by atoms with Gasteiger partial charge in [-0.2, -0.15) is 0 Å². The van der Waals surface area contributed by atoms with E-state index < -0.39 is 0 Å². The molecule has 0 aromatic carbocycles. The molecule has 132 valence electrons. The lowest BCUT2D eigenvalue weighted by atomic mass is 10.1.